The Morgan fingerprint density at radius 3 is 2.66 bits per heavy atom. The van der Waals surface area contributed by atoms with E-state index < -0.39 is 23.1 Å². The number of fused-ring (bicyclic) bond motifs is 3. The lowest BCUT2D eigenvalue weighted by Gasteiger charge is -2.38. The zero-order valence-corrected chi connectivity index (χ0v) is 20.9. The van der Waals surface area contributed by atoms with Crippen LogP contribution in [0.1, 0.15) is 16.7 Å². The second-order valence-electron chi connectivity index (χ2n) is 9.33. The summed E-state index contributed by atoms with van der Waals surface area (Å²) in [6.07, 6.45) is 0. The van der Waals surface area contributed by atoms with Gasteiger partial charge in [-0.2, -0.15) is 5.26 Å². The summed E-state index contributed by atoms with van der Waals surface area (Å²) in [5.41, 5.74) is 8.03. The minimum Gasteiger partial charge on any atom is -0.456 e. The van der Waals surface area contributed by atoms with E-state index >= 15 is 0 Å². The molecule has 0 aliphatic carbocycles. The molecule has 0 saturated carbocycles. The number of aryl methyl sites for hydroxylation is 1. The minimum atomic E-state index is -1.81. The van der Waals surface area contributed by atoms with Crippen LogP contribution >= 0.6 is 11.6 Å². The van der Waals surface area contributed by atoms with Gasteiger partial charge in [0.2, 0.25) is 5.91 Å². The van der Waals surface area contributed by atoms with Crippen molar-refractivity contribution < 1.29 is 18.7 Å². The van der Waals surface area contributed by atoms with Crippen LogP contribution in [0.4, 0.5) is 15.8 Å². The lowest BCUT2D eigenvalue weighted by atomic mass is 9.67. The number of carbonyl (C=O) groups is 2. The van der Waals surface area contributed by atoms with E-state index in [4.69, 9.17) is 22.1 Å². The van der Waals surface area contributed by atoms with E-state index in [0.29, 0.717) is 33.2 Å². The van der Waals surface area contributed by atoms with Crippen LogP contribution < -0.4 is 15.5 Å². The fourth-order valence-electron chi connectivity index (χ4n) is 5.58. The maximum atomic E-state index is 14.5. The standard InChI is InChI=1S/C29H20ClFN4O3/c1-16-9-10-19(12-22(16)30)35-24-15-38-27(36)25(24)29(21(13-32)26(35)33)20-7-2-3-8-23(20)34(28(29)37)14-17-5-4-6-18(31)11-17/h2-12H,14-15,33H2,1H3. The number of nitrogens with two attached hydrogens (primary N) is 1. The molecule has 0 saturated heterocycles. The first-order valence-corrected chi connectivity index (χ1v) is 12.2. The molecular formula is C29H20ClFN4O3. The number of nitriles is 1. The summed E-state index contributed by atoms with van der Waals surface area (Å²) in [4.78, 5) is 30.9. The van der Waals surface area contributed by atoms with Crippen molar-refractivity contribution in [2.24, 2.45) is 5.73 Å². The van der Waals surface area contributed by atoms with Gasteiger partial charge in [-0.05, 0) is 48.4 Å². The number of ether oxygens (including phenoxy) is 1. The third-order valence-electron chi connectivity index (χ3n) is 7.27. The van der Waals surface area contributed by atoms with Gasteiger partial charge in [0.05, 0.1) is 23.4 Å². The average Bonchev–Trinajstić information content (AvgIpc) is 3.39. The van der Waals surface area contributed by atoms with E-state index in [-0.39, 0.29) is 30.1 Å². The highest BCUT2D eigenvalue weighted by Crippen LogP contribution is 2.56. The molecule has 3 aliphatic heterocycles. The van der Waals surface area contributed by atoms with Gasteiger partial charge in [-0.15, -0.1) is 0 Å². The van der Waals surface area contributed by atoms with Crippen molar-refractivity contribution >= 4 is 34.9 Å². The van der Waals surface area contributed by atoms with Crippen LogP contribution in [0.25, 0.3) is 0 Å². The molecule has 38 heavy (non-hydrogen) atoms. The third kappa shape index (κ3) is 3.12. The number of nitrogens with zero attached hydrogens (tertiary/aromatic N) is 3. The predicted molar refractivity (Wildman–Crippen MR) is 139 cm³/mol. The van der Waals surface area contributed by atoms with Crippen molar-refractivity contribution in [3.8, 4) is 6.07 Å². The monoisotopic (exact) mass is 526 g/mol. The Balaban J connectivity index is 1.61. The molecule has 0 bridgehead atoms. The first-order valence-electron chi connectivity index (χ1n) is 11.8. The van der Waals surface area contributed by atoms with Crippen molar-refractivity contribution in [1.82, 2.24) is 0 Å². The molecule has 3 aromatic carbocycles. The normalized spacial score (nSPS) is 20.2. The zero-order valence-electron chi connectivity index (χ0n) is 20.2. The molecule has 0 radical (unpaired) electrons. The second kappa shape index (κ2) is 8.47. The Bertz CT molecular complexity index is 1670. The highest BCUT2D eigenvalue weighted by atomic mass is 35.5. The molecule has 0 fully saturated rings. The van der Waals surface area contributed by atoms with Crippen LogP contribution in [0, 0.1) is 24.1 Å². The number of para-hydroxylation sites is 1. The Labute approximate surface area is 222 Å². The van der Waals surface area contributed by atoms with Crippen molar-refractivity contribution in [3.63, 3.8) is 0 Å². The Morgan fingerprint density at radius 2 is 1.92 bits per heavy atom. The van der Waals surface area contributed by atoms with Crippen LogP contribution in [0.3, 0.4) is 0 Å². The number of cyclic esters (lactones) is 1. The number of rotatable bonds is 3. The molecule has 3 heterocycles. The number of hydrogen-bond donors (Lipinski definition) is 1. The van der Waals surface area contributed by atoms with E-state index in [1.165, 1.54) is 17.0 Å². The number of benzene rings is 3. The number of esters is 1. The van der Waals surface area contributed by atoms with Crippen LogP contribution in [-0.4, -0.2) is 18.5 Å². The summed E-state index contributed by atoms with van der Waals surface area (Å²) >= 11 is 6.39. The van der Waals surface area contributed by atoms with E-state index in [1.807, 2.05) is 6.92 Å². The number of amides is 1. The largest absolute Gasteiger partial charge is 0.456 e. The van der Waals surface area contributed by atoms with E-state index in [1.54, 1.807) is 59.5 Å². The minimum absolute atomic E-state index is 0.000211. The summed E-state index contributed by atoms with van der Waals surface area (Å²) < 4.78 is 19.4. The topological polar surface area (TPSA) is 99.7 Å². The molecule has 0 aromatic heterocycles. The van der Waals surface area contributed by atoms with Gasteiger partial charge >= 0.3 is 5.97 Å². The molecule has 2 N–H and O–H groups in total. The summed E-state index contributed by atoms with van der Waals surface area (Å²) in [5.74, 6) is -1.68. The summed E-state index contributed by atoms with van der Waals surface area (Å²) in [7, 11) is 0. The third-order valence-corrected chi connectivity index (χ3v) is 7.68. The quantitative estimate of drug-likeness (QED) is 0.501. The molecule has 1 unspecified atom stereocenters. The Hall–Kier alpha value is -4.61. The first kappa shape index (κ1) is 23.8. The molecule has 1 spiro atoms. The summed E-state index contributed by atoms with van der Waals surface area (Å²) in [6, 6.07) is 20.3. The molecule has 9 heteroatoms. The molecule has 7 nitrogen and oxygen atoms in total. The van der Waals surface area contributed by atoms with Crippen molar-refractivity contribution in [1.29, 1.82) is 5.26 Å². The van der Waals surface area contributed by atoms with Gasteiger partial charge in [0.1, 0.15) is 29.7 Å². The van der Waals surface area contributed by atoms with Gasteiger partial charge in [-0.3, -0.25) is 9.69 Å². The molecule has 1 amide bonds. The smallest absolute Gasteiger partial charge is 0.338 e. The molecule has 3 aliphatic rings. The average molecular weight is 527 g/mol. The van der Waals surface area contributed by atoms with Gasteiger partial charge in [-0.25, -0.2) is 9.18 Å². The fraction of sp³-hybridized carbons (Fsp3) is 0.138. The van der Waals surface area contributed by atoms with Gasteiger partial charge in [0, 0.05) is 22.0 Å². The van der Waals surface area contributed by atoms with Gasteiger partial charge in [0.25, 0.3) is 0 Å². The van der Waals surface area contributed by atoms with Gasteiger partial charge in [-0.1, -0.05) is 48.0 Å². The Kier molecular flexibility index (Phi) is 5.30. The lowest BCUT2D eigenvalue weighted by molar-refractivity contribution is -0.137. The highest BCUT2D eigenvalue weighted by Gasteiger charge is 2.63. The molecule has 188 valence electrons. The number of carbonyl (C=O) groups excluding carboxylic acids is 2. The molecule has 3 aromatic rings. The van der Waals surface area contributed by atoms with Gasteiger partial charge in [0.15, 0.2) is 0 Å². The van der Waals surface area contributed by atoms with Crippen LogP contribution in [-0.2, 0) is 26.3 Å². The van der Waals surface area contributed by atoms with Crippen molar-refractivity contribution in [2.45, 2.75) is 18.9 Å². The van der Waals surface area contributed by atoms with Crippen LogP contribution in [0.2, 0.25) is 5.02 Å². The summed E-state index contributed by atoms with van der Waals surface area (Å²) in [5, 5.41) is 11.0. The predicted octanol–water partition coefficient (Wildman–Crippen LogP) is 4.60. The van der Waals surface area contributed by atoms with E-state index in [0.717, 1.165) is 5.56 Å². The maximum Gasteiger partial charge on any atom is 0.338 e. The maximum absolute atomic E-state index is 14.5. The van der Waals surface area contributed by atoms with Crippen molar-refractivity contribution in [2.75, 3.05) is 16.4 Å². The number of hydrogen-bond acceptors (Lipinski definition) is 6. The first-order chi connectivity index (χ1) is 18.3. The molecule has 1 atom stereocenters. The van der Waals surface area contributed by atoms with Crippen molar-refractivity contribution in [3.05, 3.63) is 117 Å². The Morgan fingerprint density at radius 1 is 1.13 bits per heavy atom. The molecular weight excluding hydrogens is 507 g/mol. The lowest BCUT2D eigenvalue weighted by Crippen LogP contribution is -2.50. The molecule has 6 rings (SSSR count). The number of halogens is 2. The van der Waals surface area contributed by atoms with E-state index in [9.17, 15) is 19.2 Å². The SMILES string of the molecule is Cc1ccc(N2C(N)=C(C#N)C3(C(=O)N(Cc4cccc(F)c4)c4ccccc43)C3=C2COC3=O)cc1Cl. The fourth-order valence-corrected chi connectivity index (χ4v) is 5.76. The van der Waals surface area contributed by atoms with Crippen LogP contribution in [0.5, 0.6) is 0 Å². The number of anilines is 2. The second-order valence-corrected chi connectivity index (χ2v) is 9.73. The zero-order chi connectivity index (χ0) is 26.8. The van der Waals surface area contributed by atoms with Gasteiger partial charge < -0.3 is 15.4 Å². The highest BCUT2D eigenvalue weighted by molar-refractivity contribution is 6.31. The van der Waals surface area contributed by atoms with Crippen LogP contribution in [0.15, 0.2) is 89.4 Å². The van der Waals surface area contributed by atoms with E-state index in [2.05, 4.69) is 6.07 Å². The summed E-state index contributed by atoms with van der Waals surface area (Å²) in [6.45, 7) is 1.74.